The number of hydrogen-bond acceptors (Lipinski definition) is 3. The molecule has 1 heterocycles. The van der Waals surface area contributed by atoms with Gasteiger partial charge in [0.15, 0.2) is 0 Å². The number of thioether (sulfide) groups is 1. The SMILES string of the molecule is O=C(CCN1C(=O)CSc2ccccc21)Nc1ccc(Cl)cc1. The third kappa shape index (κ3) is 3.86. The number of nitrogens with one attached hydrogen (secondary N) is 1. The minimum absolute atomic E-state index is 0.0352. The second-order valence-electron chi connectivity index (χ2n) is 5.11. The number of carbonyl (C=O) groups is 2. The van der Waals surface area contributed by atoms with E-state index in [0.717, 1.165) is 10.6 Å². The second-order valence-corrected chi connectivity index (χ2v) is 6.56. The van der Waals surface area contributed by atoms with Gasteiger partial charge in [0, 0.05) is 28.6 Å². The quantitative estimate of drug-likeness (QED) is 0.915. The zero-order valence-electron chi connectivity index (χ0n) is 12.3. The van der Waals surface area contributed by atoms with Crippen molar-refractivity contribution in [2.45, 2.75) is 11.3 Å². The Bertz CT molecular complexity index is 734. The van der Waals surface area contributed by atoms with E-state index in [1.807, 2.05) is 24.3 Å². The van der Waals surface area contributed by atoms with Crippen molar-refractivity contribution in [1.29, 1.82) is 0 Å². The summed E-state index contributed by atoms with van der Waals surface area (Å²) in [6.45, 7) is 0.371. The van der Waals surface area contributed by atoms with Gasteiger partial charge in [-0.25, -0.2) is 0 Å². The third-order valence-electron chi connectivity index (χ3n) is 3.50. The van der Waals surface area contributed by atoms with Gasteiger partial charge < -0.3 is 10.2 Å². The van der Waals surface area contributed by atoms with E-state index in [1.165, 1.54) is 11.8 Å². The van der Waals surface area contributed by atoms with Crippen molar-refractivity contribution in [3.8, 4) is 0 Å². The Hall–Kier alpha value is -1.98. The highest BCUT2D eigenvalue weighted by Gasteiger charge is 2.24. The number of nitrogens with zero attached hydrogens (tertiary/aromatic N) is 1. The predicted octanol–water partition coefficient (Wildman–Crippen LogP) is 3.81. The van der Waals surface area contributed by atoms with Crippen LogP contribution in [0.3, 0.4) is 0 Å². The van der Waals surface area contributed by atoms with Crippen LogP contribution in [0.25, 0.3) is 0 Å². The van der Waals surface area contributed by atoms with Gasteiger partial charge in [-0.1, -0.05) is 23.7 Å². The van der Waals surface area contributed by atoms with Crippen LogP contribution in [-0.4, -0.2) is 24.1 Å². The van der Waals surface area contributed by atoms with Crippen molar-refractivity contribution in [2.24, 2.45) is 0 Å². The summed E-state index contributed by atoms with van der Waals surface area (Å²) in [5, 5.41) is 3.43. The van der Waals surface area contributed by atoms with Crippen LogP contribution in [0.15, 0.2) is 53.4 Å². The fourth-order valence-electron chi connectivity index (χ4n) is 2.37. The number of carbonyl (C=O) groups excluding carboxylic acids is 2. The fourth-order valence-corrected chi connectivity index (χ4v) is 3.43. The van der Waals surface area contributed by atoms with Gasteiger partial charge >= 0.3 is 0 Å². The maximum absolute atomic E-state index is 12.1. The molecule has 0 atom stereocenters. The lowest BCUT2D eigenvalue weighted by Crippen LogP contribution is -2.37. The number of amides is 2. The number of anilines is 2. The van der Waals surface area contributed by atoms with Gasteiger partial charge in [-0.3, -0.25) is 9.59 Å². The number of rotatable bonds is 4. The molecule has 1 N–H and O–H groups in total. The van der Waals surface area contributed by atoms with Crippen LogP contribution in [0.1, 0.15) is 6.42 Å². The molecule has 0 radical (unpaired) electrons. The molecule has 118 valence electrons. The van der Waals surface area contributed by atoms with E-state index in [1.54, 1.807) is 29.2 Å². The molecule has 0 saturated heterocycles. The van der Waals surface area contributed by atoms with Crippen molar-refractivity contribution in [3.05, 3.63) is 53.6 Å². The monoisotopic (exact) mass is 346 g/mol. The lowest BCUT2D eigenvalue weighted by molar-refractivity contribution is -0.117. The molecule has 1 aliphatic heterocycles. The molecule has 0 bridgehead atoms. The normalized spacial score (nSPS) is 13.6. The summed E-state index contributed by atoms with van der Waals surface area (Å²) in [5.41, 5.74) is 1.58. The van der Waals surface area contributed by atoms with Crippen molar-refractivity contribution in [1.82, 2.24) is 0 Å². The van der Waals surface area contributed by atoms with Crippen LogP contribution in [0.2, 0.25) is 5.02 Å². The zero-order chi connectivity index (χ0) is 16.2. The fraction of sp³-hybridized carbons (Fsp3) is 0.176. The minimum Gasteiger partial charge on any atom is -0.326 e. The Balaban J connectivity index is 1.62. The Morgan fingerprint density at radius 1 is 1.17 bits per heavy atom. The van der Waals surface area contributed by atoms with Crippen LogP contribution < -0.4 is 10.2 Å². The van der Waals surface area contributed by atoms with E-state index < -0.39 is 0 Å². The average Bonchev–Trinajstić information content (AvgIpc) is 2.56. The summed E-state index contributed by atoms with van der Waals surface area (Å²) in [4.78, 5) is 27.0. The maximum Gasteiger partial charge on any atom is 0.237 e. The number of fused-ring (bicyclic) bond motifs is 1. The molecule has 6 heteroatoms. The first-order chi connectivity index (χ1) is 11.1. The van der Waals surface area contributed by atoms with Crippen molar-refractivity contribution in [3.63, 3.8) is 0 Å². The van der Waals surface area contributed by atoms with Crippen LogP contribution in [0, 0.1) is 0 Å². The molecule has 3 rings (SSSR count). The number of para-hydroxylation sites is 1. The van der Waals surface area contributed by atoms with Crippen LogP contribution in [0.4, 0.5) is 11.4 Å². The number of benzene rings is 2. The summed E-state index contributed by atoms with van der Waals surface area (Å²) in [5.74, 6) is 0.319. The maximum atomic E-state index is 12.1. The van der Waals surface area contributed by atoms with E-state index >= 15 is 0 Å². The van der Waals surface area contributed by atoms with E-state index in [0.29, 0.717) is 23.0 Å². The summed E-state index contributed by atoms with van der Waals surface area (Å²) in [6.07, 6.45) is 0.243. The molecule has 0 unspecified atom stereocenters. The van der Waals surface area contributed by atoms with Gasteiger partial charge in [-0.15, -0.1) is 11.8 Å². The molecular weight excluding hydrogens is 332 g/mol. The molecule has 0 aromatic heterocycles. The van der Waals surface area contributed by atoms with Crippen LogP contribution >= 0.6 is 23.4 Å². The molecule has 4 nitrogen and oxygen atoms in total. The Morgan fingerprint density at radius 2 is 1.91 bits per heavy atom. The highest BCUT2D eigenvalue weighted by molar-refractivity contribution is 8.00. The molecule has 0 fully saturated rings. The molecule has 23 heavy (non-hydrogen) atoms. The van der Waals surface area contributed by atoms with Gasteiger partial charge in [-0.05, 0) is 36.4 Å². The van der Waals surface area contributed by atoms with Gasteiger partial charge in [0.1, 0.15) is 0 Å². The smallest absolute Gasteiger partial charge is 0.237 e. The van der Waals surface area contributed by atoms with Gasteiger partial charge in [0.05, 0.1) is 11.4 Å². The zero-order valence-corrected chi connectivity index (χ0v) is 13.9. The summed E-state index contributed by atoms with van der Waals surface area (Å²) in [6, 6.07) is 14.7. The van der Waals surface area contributed by atoms with Crippen molar-refractivity contribution >= 4 is 46.6 Å². The first-order valence-electron chi connectivity index (χ1n) is 7.21. The number of hydrogen-bond donors (Lipinski definition) is 1. The second kappa shape index (κ2) is 7.06. The molecule has 2 aromatic rings. The Labute approximate surface area is 143 Å². The predicted molar refractivity (Wildman–Crippen MR) is 94.2 cm³/mol. The third-order valence-corrected chi connectivity index (χ3v) is 4.80. The lowest BCUT2D eigenvalue weighted by atomic mass is 10.2. The topological polar surface area (TPSA) is 49.4 Å². The molecule has 0 saturated carbocycles. The molecular formula is C17H15ClN2O2S. The summed E-state index contributed by atoms with van der Waals surface area (Å²) >= 11 is 7.35. The molecule has 2 amide bonds. The summed E-state index contributed by atoms with van der Waals surface area (Å²) < 4.78 is 0. The van der Waals surface area contributed by atoms with E-state index in [4.69, 9.17) is 11.6 Å². The molecule has 1 aliphatic rings. The Kier molecular flexibility index (Phi) is 4.88. The molecule has 2 aromatic carbocycles. The first kappa shape index (κ1) is 15.9. The average molecular weight is 347 g/mol. The largest absolute Gasteiger partial charge is 0.326 e. The van der Waals surface area contributed by atoms with E-state index in [-0.39, 0.29) is 18.2 Å². The van der Waals surface area contributed by atoms with Gasteiger partial charge in [0.2, 0.25) is 11.8 Å². The van der Waals surface area contributed by atoms with Gasteiger partial charge in [0.25, 0.3) is 0 Å². The van der Waals surface area contributed by atoms with Crippen molar-refractivity contribution < 1.29 is 9.59 Å². The highest BCUT2D eigenvalue weighted by Crippen LogP contribution is 2.34. The molecule has 0 aliphatic carbocycles. The van der Waals surface area contributed by atoms with Gasteiger partial charge in [-0.2, -0.15) is 0 Å². The van der Waals surface area contributed by atoms with E-state index in [2.05, 4.69) is 5.32 Å². The summed E-state index contributed by atoms with van der Waals surface area (Å²) in [7, 11) is 0. The standard InChI is InChI=1S/C17H15ClN2O2S/c18-12-5-7-13(8-6-12)19-16(21)9-10-20-14-3-1-2-4-15(14)23-11-17(20)22/h1-8H,9-11H2,(H,19,21). The minimum atomic E-state index is -0.129. The van der Waals surface area contributed by atoms with Crippen LogP contribution in [0.5, 0.6) is 0 Å². The first-order valence-corrected chi connectivity index (χ1v) is 8.57. The molecule has 0 spiro atoms. The highest BCUT2D eigenvalue weighted by atomic mass is 35.5. The van der Waals surface area contributed by atoms with Crippen molar-refractivity contribution in [2.75, 3.05) is 22.5 Å². The lowest BCUT2D eigenvalue weighted by Gasteiger charge is -2.28. The van der Waals surface area contributed by atoms with Crippen LogP contribution in [-0.2, 0) is 9.59 Å². The Morgan fingerprint density at radius 3 is 2.70 bits per heavy atom. The number of halogens is 1. The van der Waals surface area contributed by atoms with E-state index in [9.17, 15) is 9.59 Å².